The third-order valence-corrected chi connectivity index (χ3v) is 1.62. The molecule has 0 aromatic heterocycles. The first-order valence-corrected chi connectivity index (χ1v) is 3.90. The van der Waals surface area contributed by atoms with Gasteiger partial charge in [-0.1, -0.05) is 24.4 Å². The third-order valence-electron chi connectivity index (χ3n) is 1.45. The number of hydrogen-bond donors (Lipinski definition) is 0. The van der Waals surface area contributed by atoms with Gasteiger partial charge in [0, 0.05) is 6.42 Å². The Bertz CT molecular complexity index is 245. The monoisotopic (exact) mass is 166 g/mol. The summed E-state index contributed by atoms with van der Waals surface area (Å²) >= 11 is 4.75. The Kier molecular flexibility index (Phi) is 3.05. The molecule has 0 aliphatic heterocycles. The first-order valence-electron chi connectivity index (χ1n) is 3.43. The summed E-state index contributed by atoms with van der Waals surface area (Å²) in [6.07, 6.45) is 0.826. The van der Waals surface area contributed by atoms with E-state index in [9.17, 15) is 0 Å². The number of hydrogen-bond acceptors (Lipinski definition) is 2. The molecule has 1 rings (SSSR count). The minimum atomic E-state index is 0.826. The van der Waals surface area contributed by atoms with Crippen molar-refractivity contribution in [2.24, 2.45) is 0 Å². The molecule has 0 saturated carbocycles. The van der Waals surface area contributed by atoms with Crippen LogP contribution in [0, 0.1) is 0 Å². The second-order valence-corrected chi connectivity index (χ2v) is 2.56. The van der Waals surface area contributed by atoms with Crippen LogP contribution in [0.15, 0.2) is 24.3 Å². The summed E-state index contributed by atoms with van der Waals surface area (Å²) in [4.78, 5) is 0. The predicted octanol–water partition coefficient (Wildman–Crippen LogP) is 2.24. The SMILES string of the molecule is COc1cccc(CC=S)c1. The molecule has 1 aromatic carbocycles. The first kappa shape index (κ1) is 8.21. The molecule has 2 heteroatoms. The fourth-order valence-corrected chi connectivity index (χ4v) is 1.09. The van der Waals surface area contributed by atoms with Crippen LogP contribution in [-0.2, 0) is 6.42 Å². The smallest absolute Gasteiger partial charge is 0.119 e. The molecule has 0 aliphatic carbocycles. The highest BCUT2D eigenvalue weighted by atomic mass is 32.1. The molecule has 0 fully saturated rings. The van der Waals surface area contributed by atoms with Gasteiger partial charge in [-0.2, -0.15) is 0 Å². The first-order chi connectivity index (χ1) is 5.36. The molecule has 0 atom stereocenters. The molecule has 1 nitrogen and oxygen atoms in total. The highest BCUT2D eigenvalue weighted by Crippen LogP contribution is 2.12. The summed E-state index contributed by atoms with van der Waals surface area (Å²) in [5, 5.41) is 1.72. The largest absolute Gasteiger partial charge is 0.497 e. The molecule has 0 aliphatic rings. The molecule has 0 N–H and O–H groups in total. The molecule has 0 spiro atoms. The summed E-state index contributed by atoms with van der Waals surface area (Å²) < 4.78 is 5.05. The van der Waals surface area contributed by atoms with Crippen LogP contribution < -0.4 is 4.74 Å². The van der Waals surface area contributed by atoms with E-state index in [1.54, 1.807) is 12.5 Å². The van der Waals surface area contributed by atoms with Gasteiger partial charge in [0.2, 0.25) is 0 Å². The Hall–Kier alpha value is -0.890. The van der Waals surface area contributed by atoms with Crippen molar-refractivity contribution in [1.29, 1.82) is 0 Å². The maximum Gasteiger partial charge on any atom is 0.119 e. The number of rotatable bonds is 3. The van der Waals surface area contributed by atoms with Crippen molar-refractivity contribution < 1.29 is 4.74 Å². The summed E-state index contributed by atoms with van der Waals surface area (Å²) in [5.74, 6) is 0.888. The van der Waals surface area contributed by atoms with Gasteiger partial charge in [-0.05, 0) is 23.1 Å². The zero-order valence-electron chi connectivity index (χ0n) is 6.41. The van der Waals surface area contributed by atoms with Gasteiger partial charge in [0.1, 0.15) is 5.75 Å². The van der Waals surface area contributed by atoms with Gasteiger partial charge in [0.05, 0.1) is 7.11 Å². The van der Waals surface area contributed by atoms with Gasteiger partial charge in [0.25, 0.3) is 0 Å². The van der Waals surface area contributed by atoms with E-state index in [1.165, 1.54) is 5.56 Å². The zero-order valence-corrected chi connectivity index (χ0v) is 7.23. The lowest BCUT2D eigenvalue weighted by Crippen LogP contribution is -1.86. The summed E-state index contributed by atoms with van der Waals surface area (Å²) in [7, 11) is 1.66. The van der Waals surface area contributed by atoms with Gasteiger partial charge >= 0.3 is 0 Å². The predicted molar refractivity (Wildman–Crippen MR) is 50.4 cm³/mol. The van der Waals surface area contributed by atoms with Crippen molar-refractivity contribution in [3.63, 3.8) is 0 Å². The standard InChI is InChI=1S/C9H10OS/c1-10-9-4-2-3-8(7-9)5-6-11/h2-4,6-7H,5H2,1H3. The molecule has 0 saturated heterocycles. The van der Waals surface area contributed by atoms with Crippen LogP contribution in [0.1, 0.15) is 5.56 Å². The molecule has 0 heterocycles. The van der Waals surface area contributed by atoms with Crippen molar-refractivity contribution >= 4 is 17.6 Å². The lowest BCUT2D eigenvalue weighted by Gasteiger charge is -2.00. The highest BCUT2D eigenvalue weighted by molar-refractivity contribution is 7.78. The lowest BCUT2D eigenvalue weighted by atomic mass is 10.2. The Balaban J connectivity index is 2.82. The van der Waals surface area contributed by atoms with Crippen LogP contribution in [0.2, 0.25) is 0 Å². The maximum atomic E-state index is 5.05. The molecule has 0 amide bonds. The van der Waals surface area contributed by atoms with Crippen LogP contribution in [0.5, 0.6) is 5.75 Å². The van der Waals surface area contributed by atoms with E-state index in [4.69, 9.17) is 17.0 Å². The normalized spacial score (nSPS) is 9.18. The van der Waals surface area contributed by atoms with E-state index in [0.717, 1.165) is 12.2 Å². The Morgan fingerprint density at radius 2 is 2.36 bits per heavy atom. The van der Waals surface area contributed by atoms with Gasteiger partial charge in [-0.25, -0.2) is 0 Å². The molecular formula is C9H10OS. The Morgan fingerprint density at radius 3 is 3.00 bits per heavy atom. The fraction of sp³-hybridized carbons (Fsp3) is 0.222. The maximum absolute atomic E-state index is 5.05. The second kappa shape index (κ2) is 4.09. The molecule has 58 valence electrons. The molecular weight excluding hydrogens is 156 g/mol. The van der Waals surface area contributed by atoms with Crippen molar-refractivity contribution in [3.8, 4) is 5.75 Å². The minimum Gasteiger partial charge on any atom is -0.497 e. The third kappa shape index (κ3) is 2.31. The van der Waals surface area contributed by atoms with Crippen molar-refractivity contribution in [2.75, 3.05) is 7.11 Å². The van der Waals surface area contributed by atoms with E-state index in [-0.39, 0.29) is 0 Å². The molecule has 0 radical (unpaired) electrons. The van der Waals surface area contributed by atoms with E-state index >= 15 is 0 Å². The average Bonchev–Trinajstić information content (AvgIpc) is 2.06. The van der Waals surface area contributed by atoms with E-state index < -0.39 is 0 Å². The number of methoxy groups -OCH3 is 1. The number of benzene rings is 1. The van der Waals surface area contributed by atoms with Gasteiger partial charge in [0.15, 0.2) is 0 Å². The van der Waals surface area contributed by atoms with Gasteiger partial charge in [-0.15, -0.1) is 0 Å². The van der Waals surface area contributed by atoms with Crippen LogP contribution >= 0.6 is 12.2 Å². The van der Waals surface area contributed by atoms with Crippen LogP contribution in [0.3, 0.4) is 0 Å². The van der Waals surface area contributed by atoms with Crippen LogP contribution in [0.25, 0.3) is 0 Å². The topological polar surface area (TPSA) is 9.23 Å². The van der Waals surface area contributed by atoms with Crippen LogP contribution in [-0.4, -0.2) is 12.5 Å². The number of ether oxygens (including phenoxy) is 1. The quantitative estimate of drug-likeness (QED) is 0.637. The average molecular weight is 166 g/mol. The van der Waals surface area contributed by atoms with Crippen molar-refractivity contribution in [1.82, 2.24) is 0 Å². The molecule has 0 unspecified atom stereocenters. The summed E-state index contributed by atoms with van der Waals surface area (Å²) in [6.45, 7) is 0. The second-order valence-electron chi connectivity index (χ2n) is 2.22. The van der Waals surface area contributed by atoms with Gasteiger partial charge < -0.3 is 4.74 Å². The van der Waals surface area contributed by atoms with E-state index in [0.29, 0.717) is 0 Å². The Morgan fingerprint density at radius 1 is 1.55 bits per heavy atom. The summed E-state index contributed by atoms with van der Waals surface area (Å²) in [6, 6.07) is 7.91. The molecule has 0 bridgehead atoms. The zero-order chi connectivity index (χ0) is 8.10. The number of thiocarbonyl (C=S) groups is 1. The van der Waals surface area contributed by atoms with Gasteiger partial charge in [-0.3, -0.25) is 0 Å². The fourth-order valence-electron chi connectivity index (χ4n) is 0.896. The lowest BCUT2D eigenvalue weighted by molar-refractivity contribution is 0.414. The molecule has 1 aromatic rings. The van der Waals surface area contributed by atoms with Crippen molar-refractivity contribution in [2.45, 2.75) is 6.42 Å². The van der Waals surface area contributed by atoms with E-state index in [2.05, 4.69) is 0 Å². The van der Waals surface area contributed by atoms with Crippen LogP contribution in [0.4, 0.5) is 0 Å². The van der Waals surface area contributed by atoms with Crippen molar-refractivity contribution in [3.05, 3.63) is 29.8 Å². The summed E-state index contributed by atoms with van der Waals surface area (Å²) in [5.41, 5.74) is 1.19. The van der Waals surface area contributed by atoms with E-state index in [1.807, 2.05) is 24.3 Å². The highest BCUT2D eigenvalue weighted by Gasteiger charge is 1.91. The minimum absolute atomic E-state index is 0.826. The molecule has 11 heavy (non-hydrogen) atoms. The Labute approximate surface area is 72.0 Å².